The highest BCUT2D eigenvalue weighted by molar-refractivity contribution is 5.52. The summed E-state index contributed by atoms with van der Waals surface area (Å²) in [5.74, 6) is -7.03. The molecule has 0 aliphatic carbocycles. The lowest BCUT2D eigenvalue weighted by Gasteiger charge is -2.05. The maximum Gasteiger partial charge on any atom is 0.271 e. The molecule has 82 valence electrons. The van der Waals surface area contributed by atoms with Gasteiger partial charge in [0.15, 0.2) is 23.3 Å². The van der Waals surface area contributed by atoms with Gasteiger partial charge in [0, 0.05) is 11.6 Å². The van der Waals surface area contributed by atoms with E-state index in [1.54, 1.807) is 0 Å². The fourth-order valence-electron chi connectivity index (χ4n) is 0.994. The van der Waals surface area contributed by atoms with Crippen molar-refractivity contribution >= 4 is 6.08 Å². The van der Waals surface area contributed by atoms with E-state index in [1.807, 2.05) is 0 Å². The molecule has 15 heavy (non-hydrogen) atoms. The van der Waals surface area contributed by atoms with Crippen LogP contribution in [0.15, 0.2) is 6.08 Å². The van der Waals surface area contributed by atoms with Crippen LogP contribution in [0.2, 0.25) is 0 Å². The van der Waals surface area contributed by atoms with Gasteiger partial charge in [0.2, 0.25) is 0 Å². The molecule has 0 heterocycles. The average molecular weight is 226 g/mol. The minimum Gasteiger partial charge on any atom is -0.203 e. The van der Waals surface area contributed by atoms with E-state index in [0.29, 0.717) is 0 Å². The van der Waals surface area contributed by atoms with Crippen molar-refractivity contribution in [3.05, 3.63) is 40.5 Å². The van der Waals surface area contributed by atoms with Crippen molar-refractivity contribution in [1.29, 1.82) is 0 Å². The first kappa shape index (κ1) is 11.6. The van der Waals surface area contributed by atoms with Crippen LogP contribution in [-0.4, -0.2) is 0 Å². The highest BCUT2D eigenvalue weighted by Crippen LogP contribution is 2.25. The molecule has 0 amide bonds. The van der Waals surface area contributed by atoms with Crippen LogP contribution in [0.1, 0.15) is 11.1 Å². The fourth-order valence-corrected chi connectivity index (χ4v) is 0.994. The molecule has 0 aliphatic rings. The second-order valence-corrected chi connectivity index (χ2v) is 2.73. The Morgan fingerprint density at radius 1 is 0.867 bits per heavy atom. The molecule has 0 saturated carbocycles. The van der Waals surface area contributed by atoms with E-state index in [9.17, 15) is 26.3 Å². The molecule has 1 aromatic rings. The molecule has 1 aromatic carbocycles. The van der Waals surface area contributed by atoms with Gasteiger partial charge in [-0.2, -0.15) is 8.78 Å². The van der Waals surface area contributed by atoms with E-state index in [2.05, 4.69) is 0 Å². The van der Waals surface area contributed by atoms with Crippen molar-refractivity contribution in [3.63, 3.8) is 0 Å². The summed E-state index contributed by atoms with van der Waals surface area (Å²) < 4.78 is 74.9. The van der Waals surface area contributed by atoms with E-state index in [-0.39, 0.29) is 6.08 Å². The Hall–Kier alpha value is -1.46. The van der Waals surface area contributed by atoms with Crippen LogP contribution < -0.4 is 0 Å². The normalized spacial score (nSPS) is 10.3. The molecule has 0 aromatic heterocycles. The summed E-state index contributed by atoms with van der Waals surface area (Å²) in [5.41, 5.74) is -2.31. The van der Waals surface area contributed by atoms with Gasteiger partial charge in [0.05, 0.1) is 5.56 Å². The zero-order valence-electron chi connectivity index (χ0n) is 7.35. The number of benzene rings is 1. The summed E-state index contributed by atoms with van der Waals surface area (Å²) in [7, 11) is 0. The molecule has 1 rings (SSSR count). The van der Waals surface area contributed by atoms with Gasteiger partial charge in [0.1, 0.15) is 0 Å². The minimum atomic E-state index is -2.45. The summed E-state index contributed by atoms with van der Waals surface area (Å²) >= 11 is 0. The molecule has 0 unspecified atom stereocenters. The first-order chi connectivity index (χ1) is 6.86. The second-order valence-electron chi connectivity index (χ2n) is 2.73. The lowest BCUT2D eigenvalue weighted by molar-refractivity contribution is 0.422. The van der Waals surface area contributed by atoms with Crippen LogP contribution in [0.5, 0.6) is 0 Å². The Kier molecular flexibility index (Phi) is 3.06. The van der Waals surface area contributed by atoms with Gasteiger partial charge >= 0.3 is 0 Å². The molecule has 0 bridgehead atoms. The highest BCUT2D eigenvalue weighted by atomic mass is 19.3. The Morgan fingerprint density at radius 2 is 1.27 bits per heavy atom. The largest absolute Gasteiger partial charge is 0.271 e. The minimum absolute atomic E-state index is 0.268. The Labute approximate surface area is 80.8 Å². The zero-order valence-corrected chi connectivity index (χ0v) is 7.35. The molecule has 0 spiro atoms. The molecule has 6 heteroatoms. The molecule has 0 nitrogen and oxygen atoms in total. The topological polar surface area (TPSA) is 0 Å². The molecule has 0 N–H and O–H groups in total. The van der Waals surface area contributed by atoms with E-state index < -0.39 is 40.5 Å². The monoisotopic (exact) mass is 226 g/mol. The van der Waals surface area contributed by atoms with Crippen molar-refractivity contribution in [2.45, 2.75) is 6.92 Å². The number of hydrogen-bond acceptors (Lipinski definition) is 0. The van der Waals surface area contributed by atoms with Gasteiger partial charge in [-0.1, -0.05) is 0 Å². The van der Waals surface area contributed by atoms with Crippen LogP contribution in [0.25, 0.3) is 6.08 Å². The molecular formula is C9H4F6. The first-order valence-corrected chi connectivity index (χ1v) is 3.71. The third-order valence-electron chi connectivity index (χ3n) is 1.77. The van der Waals surface area contributed by atoms with E-state index in [4.69, 9.17) is 0 Å². The predicted molar refractivity (Wildman–Crippen MR) is 41.2 cm³/mol. The van der Waals surface area contributed by atoms with Gasteiger partial charge in [-0.3, -0.25) is 0 Å². The smallest absolute Gasteiger partial charge is 0.203 e. The standard InChI is InChI=1S/C9H4F6/c1-3-6(12)8(14)4(2-5(10)11)9(15)7(3)13/h2H,1H3. The van der Waals surface area contributed by atoms with Gasteiger partial charge in [-0.15, -0.1) is 0 Å². The van der Waals surface area contributed by atoms with Gasteiger partial charge in [0.25, 0.3) is 6.08 Å². The summed E-state index contributed by atoms with van der Waals surface area (Å²) in [6, 6.07) is 0. The maximum absolute atomic E-state index is 12.9. The van der Waals surface area contributed by atoms with Crippen molar-refractivity contribution in [3.8, 4) is 0 Å². The van der Waals surface area contributed by atoms with Crippen molar-refractivity contribution in [2.75, 3.05) is 0 Å². The molecule has 0 fully saturated rings. The van der Waals surface area contributed by atoms with Crippen LogP contribution in [-0.2, 0) is 0 Å². The highest BCUT2D eigenvalue weighted by Gasteiger charge is 2.22. The van der Waals surface area contributed by atoms with Gasteiger partial charge in [-0.05, 0) is 6.92 Å². The first-order valence-electron chi connectivity index (χ1n) is 3.71. The molecule has 0 saturated heterocycles. The van der Waals surface area contributed by atoms with Gasteiger partial charge < -0.3 is 0 Å². The molecule has 0 radical (unpaired) electrons. The Bertz CT molecular complexity index is 402. The summed E-state index contributed by atoms with van der Waals surface area (Å²) in [4.78, 5) is 0. The average Bonchev–Trinajstić information content (AvgIpc) is 2.18. The van der Waals surface area contributed by atoms with E-state index >= 15 is 0 Å². The summed E-state index contributed by atoms with van der Waals surface area (Å²) in [6.45, 7) is 0.802. The third kappa shape index (κ3) is 1.98. The number of rotatable bonds is 1. The lowest BCUT2D eigenvalue weighted by Crippen LogP contribution is -2.02. The predicted octanol–water partition coefficient (Wildman–Crippen LogP) is 3.79. The van der Waals surface area contributed by atoms with Crippen LogP contribution in [0.3, 0.4) is 0 Å². The summed E-state index contributed by atoms with van der Waals surface area (Å²) in [6.07, 6.45) is -2.72. The SMILES string of the molecule is Cc1c(F)c(F)c(C=C(F)F)c(F)c1F. The van der Waals surface area contributed by atoms with Crippen LogP contribution >= 0.6 is 0 Å². The van der Waals surface area contributed by atoms with Crippen molar-refractivity contribution in [1.82, 2.24) is 0 Å². The van der Waals surface area contributed by atoms with Crippen LogP contribution in [0, 0.1) is 30.2 Å². The maximum atomic E-state index is 12.9. The van der Waals surface area contributed by atoms with Crippen LogP contribution in [0.4, 0.5) is 26.3 Å². The van der Waals surface area contributed by atoms with E-state index in [1.165, 1.54) is 0 Å². The van der Waals surface area contributed by atoms with Gasteiger partial charge in [-0.25, -0.2) is 17.6 Å². The second kappa shape index (κ2) is 3.96. The van der Waals surface area contributed by atoms with Crippen molar-refractivity contribution in [2.24, 2.45) is 0 Å². The Balaban J connectivity index is 3.60. The van der Waals surface area contributed by atoms with E-state index in [0.717, 1.165) is 6.92 Å². The quantitative estimate of drug-likeness (QED) is 0.504. The van der Waals surface area contributed by atoms with Crippen molar-refractivity contribution < 1.29 is 26.3 Å². The molecular weight excluding hydrogens is 222 g/mol. The zero-order chi connectivity index (χ0) is 11.7. The Morgan fingerprint density at radius 3 is 1.60 bits per heavy atom. The summed E-state index contributed by atoms with van der Waals surface area (Å²) in [5, 5.41) is 0. The fraction of sp³-hybridized carbons (Fsp3) is 0.111. The molecule has 0 atom stereocenters. The molecule has 0 aliphatic heterocycles. The number of halogens is 6. The number of hydrogen-bond donors (Lipinski definition) is 0. The lowest BCUT2D eigenvalue weighted by atomic mass is 10.1. The third-order valence-corrected chi connectivity index (χ3v) is 1.77.